The highest BCUT2D eigenvalue weighted by Gasteiger charge is 2.31. The van der Waals surface area contributed by atoms with E-state index in [9.17, 15) is 4.79 Å². The van der Waals surface area contributed by atoms with E-state index in [2.05, 4.69) is 17.1 Å². The maximum atomic E-state index is 11.6. The summed E-state index contributed by atoms with van der Waals surface area (Å²) in [5.41, 5.74) is 4.92. The first-order valence-electron chi connectivity index (χ1n) is 7.25. The number of nitrogens with one attached hydrogen (secondary N) is 1. The third-order valence-corrected chi connectivity index (χ3v) is 3.63. The Balaban J connectivity index is 2.37. The Hall–Kier alpha value is -0.650. The molecule has 112 valence electrons. The van der Waals surface area contributed by atoms with Crippen LogP contribution in [0.3, 0.4) is 0 Å². The fourth-order valence-electron chi connectivity index (χ4n) is 2.65. The highest BCUT2D eigenvalue weighted by atomic mass is 16.5. The Kier molecular flexibility index (Phi) is 6.23. The van der Waals surface area contributed by atoms with Gasteiger partial charge in [0.1, 0.15) is 0 Å². The standard InChI is InChI=1S/C14H29N3O2/c1-11(2)16-14(4,13(15)18)6-5-7-17-8-9-19-12(3)10-17/h11-12,16H,5-10H2,1-4H3,(H2,15,18). The van der Waals surface area contributed by atoms with Crippen molar-refractivity contribution in [2.75, 3.05) is 26.2 Å². The van der Waals surface area contributed by atoms with Crippen molar-refractivity contribution < 1.29 is 9.53 Å². The third kappa shape index (κ3) is 5.47. The first-order chi connectivity index (χ1) is 8.83. The lowest BCUT2D eigenvalue weighted by Gasteiger charge is -2.33. The van der Waals surface area contributed by atoms with Crippen molar-refractivity contribution >= 4 is 5.91 Å². The van der Waals surface area contributed by atoms with E-state index in [-0.39, 0.29) is 11.9 Å². The molecule has 0 aliphatic carbocycles. The van der Waals surface area contributed by atoms with Crippen LogP contribution in [-0.4, -0.2) is 54.7 Å². The molecule has 5 nitrogen and oxygen atoms in total. The Morgan fingerprint density at radius 1 is 1.58 bits per heavy atom. The van der Waals surface area contributed by atoms with Crippen molar-refractivity contribution in [2.24, 2.45) is 5.73 Å². The fourth-order valence-corrected chi connectivity index (χ4v) is 2.65. The Labute approximate surface area is 116 Å². The van der Waals surface area contributed by atoms with Crippen LogP contribution in [0.1, 0.15) is 40.5 Å². The second kappa shape index (κ2) is 7.22. The van der Waals surface area contributed by atoms with Crippen LogP contribution in [0.4, 0.5) is 0 Å². The van der Waals surface area contributed by atoms with Crippen LogP contribution in [0.15, 0.2) is 0 Å². The fraction of sp³-hybridized carbons (Fsp3) is 0.929. The van der Waals surface area contributed by atoms with Gasteiger partial charge in [-0.1, -0.05) is 0 Å². The molecule has 0 radical (unpaired) electrons. The summed E-state index contributed by atoms with van der Waals surface area (Å²) in [4.78, 5) is 14.0. The maximum Gasteiger partial charge on any atom is 0.237 e. The van der Waals surface area contributed by atoms with Gasteiger partial charge in [-0.2, -0.15) is 0 Å². The van der Waals surface area contributed by atoms with Crippen molar-refractivity contribution in [3.63, 3.8) is 0 Å². The summed E-state index contributed by atoms with van der Waals surface area (Å²) >= 11 is 0. The van der Waals surface area contributed by atoms with Crippen LogP contribution in [0.2, 0.25) is 0 Å². The minimum Gasteiger partial charge on any atom is -0.376 e. The molecule has 1 rings (SSSR count). The highest BCUT2D eigenvalue weighted by molar-refractivity contribution is 5.84. The van der Waals surface area contributed by atoms with Gasteiger partial charge < -0.3 is 15.8 Å². The van der Waals surface area contributed by atoms with Crippen molar-refractivity contribution in [1.82, 2.24) is 10.2 Å². The van der Waals surface area contributed by atoms with Crippen LogP contribution in [0.5, 0.6) is 0 Å². The number of morpholine rings is 1. The number of primary amides is 1. The third-order valence-electron chi connectivity index (χ3n) is 3.63. The lowest BCUT2D eigenvalue weighted by atomic mass is 9.93. The molecule has 19 heavy (non-hydrogen) atoms. The van der Waals surface area contributed by atoms with Crippen LogP contribution < -0.4 is 11.1 Å². The van der Waals surface area contributed by atoms with E-state index in [1.165, 1.54) is 0 Å². The van der Waals surface area contributed by atoms with Gasteiger partial charge >= 0.3 is 0 Å². The zero-order valence-corrected chi connectivity index (χ0v) is 12.7. The number of nitrogens with two attached hydrogens (primary N) is 1. The first-order valence-corrected chi connectivity index (χ1v) is 7.25. The van der Waals surface area contributed by atoms with Crippen LogP contribution >= 0.6 is 0 Å². The predicted octanol–water partition coefficient (Wildman–Crippen LogP) is 0.729. The largest absolute Gasteiger partial charge is 0.376 e. The van der Waals surface area contributed by atoms with E-state index in [1.54, 1.807) is 0 Å². The van der Waals surface area contributed by atoms with Crippen LogP contribution in [0, 0.1) is 0 Å². The molecule has 2 atom stereocenters. The van der Waals surface area contributed by atoms with Crippen molar-refractivity contribution in [1.29, 1.82) is 0 Å². The second-order valence-electron chi connectivity index (χ2n) is 6.08. The van der Waals surface area contributed by atoms with Crippen molar-refractivity contribution in [3.8, 4) is 0 Å². The van der Waals surface area contributed by atoms with E-state index < -0.39 is 5.54 Å². The average molecular weight is 271 g/mol. The summed E-state index contributed by atoms with van der Waals surface area (Å²) in [5.74, 6) is -0.267. The monoisotopic (exact) mass is 271 g/mol. The lowest BCUT2D eigenvalue weighted by Crippen LogP contribution is -2.55. The van der Waals surface area contributed by atoms with E-state index in [0.717, 1.165) is 39.1 Å². The van der Waals surface area contributed by atoms with Gasteiger partial charge in [0.2, 0.25) is 5.91 Å². The smallest absolute Gasteiger partial charge is 0.237 e. The SMILES string of the molecule is CC(C)NC(C)(CCCN1CCOC(C)C1)C(N)=O. The van der Waals surface area contributed by atoms with E-state index in [0.29, 0.717) is 6.10 Å². The Morgan fingerprint density at radius 2 is 2.26 bits per heavy atom. The molecule has 1 fully saturated rings. The van der Waals surface area contributed by atoms with Crippen molar-refractivity contribution in [3.05, 3.63) is 0 Å². The van der Waals surface area contributed by atoms with Crippen LogP contribution in [0.25, 0.3) is 0 Å². The Morgan fingerprint density at radius 3 is 2.79 bits per heavy atom. The zero-order valence-electron chi connectivity index (χ0n) is 12.7. The zero-order chi connectivity index (χ0) is 14.5. The van der Waals surface area contributed by atoms with Gasteiger partial charge in [0.05, 0.1) is 18.2 Å². The summed E-state index contributed by atoms with van der Waals surface area (Å²) in [6.07, 6.45) is 2.04. The van der Waals surface area contributed by atoms with E-state index in [1.807, 2.05) is 20.8 Å². The van der Waals surface area contributed by atoms with Gasteiger partial charge in [0.15, 0.2) is 0 Å². The molecule has 0 bridgehead atoms. The van der Waals surface area contributed by atoms with Gasteiger partial charge in [0.25, 0.3) is 0 Å². The van der Waals surface area contributed by atoms with E-state index >= 15 is 0 Å². The van der Waals surface area contributed by atoms with Crippen LogP contribution in [-0.2, 0) is 9.53 Å². The molecule has 1 amide bonds. The molecule has 1 aliphatic heterocycles. The summed E-state index contributed by atoms with van der Waals surface area (Å²) in [7, 11) is 0. The second-order valence-corrected chi connectivity index (χ2v) is 6.08. The molecule has 1 heterocycles. The number of amides is 1. The number of nitrogens with zero attached hydrogens (tertiary/aromatic N) is 1. The molecule has 1 saturated heterocycles. The van der Waals surface area contributed by atoms with Gasteiger partial charge in [-0.3, -0.25) is 9.69 Å². The highest BCUT2D eigenvalue weighted by Crippen LogP contribution is 2.14. The summed E-state index contributed by atoms with van der Waals surface area (Å²) in [6.45, 7) is 11.8. The summed E-state index contributed by atoms with van der Waals surface area (Å²) < 4.78 is 5.52. The summed E-state index contributed by atoms with van der Waals surface area (Å²) in [6, 6.07) is 0.251. The number of carbonyl (C=O) groups excluding carboxylic acids is 1. The molecule has 1 aliphatic rings. The van der Waals surface area contributed by atoms with Crippen molar-refractivity contribution in [2.45, 2.75) is 58.2 Å². The molecule has 2 unspecified atom stereocenters. The van der Waals surface area contributed by atoms with Gasteiger partial charge in [0, 0.05) is 19.1 Å². The lowest BCUT2D eigenvalue weighted by molar-refractivity contribution is -0.124. The first kappa shape index (κ1) is 16.4. The Bertz CT molecular complexity index is 296. The average Bonchev–Trinajstić information content (AvgIpc) is 2.27. The van der Waals surface area contributed by atoms with Gasteiger partial charge in [-0.15, -0.1) is 0 Å². The molecule has 3 N–H and O–H groups in total. The molecule has 0 aromatic heterocycles. The van der Waals surface area contributed by atoms with E-state index in [4.69, 9.17) is 10.5 Å². The molecule has 5 heteroatoms. The number of hydrogen-bond donors (Lipinski definition) is 2. The number of hydrogen-bond acceptors (Lipinski definition) is 4. The normalized spacial score (nSPS) is 24.4. The van der Waals surface area contributed by atoms with Gasteiger partial charge in [-0.05, 0) is 47.1 Å². The van der Waals surface area contributed by atoms with Gasteiger partial charge in [-0.25, -0.2) is 0 Å². The minimum atomic E-state index is -0.605. The quantitative estimate of drug-likeness (QED) is 0.716. The summed E-state index contributed by atoms with van der Waals surface area (Å²) in [5, 5.41) is 3.28. The molecule has 0 saturated carbocycles. The molecule has 0 aromatic carbocycles. The number of rotatable bonds is 7. The molecule has 0 aromatic rings. The number of carbonyl (C=O) groups is 1. The maximum absolute atomic E-state index is 11.6. The minimum absolute atomic E-state index is 0.251. The topological polar surface area (TPSA) is 67.6 Å². The molecular weight excluding hydrogens is 242 g/mol. The predicted molar refractivity (Wildman–Crippen MR) is 77.0 cm³/mol. The molecular formula is C14H29N3O2. The molecule has 0 spiro atoms. The number of ether oxygens (including phenoxy) is 1.